The molecule has 0 aliphatic rings. The van der Waals surface area contributed by atoms with Crippen molar-refractivity contribution >= 4 is 11.3 Å². The van der Waals surface area contributed by atoms with Gasteiger partial charge in [-0.1, -0.05) is 6.07 Å². The van der Waals surface area contributed by atoms with Gasteiger partial charge in [-0.2, -0.15) is 0 Å². The molecular formula is C9H10N2O2S. The third-order valence-electron chi connectivity index (χ3n) is 1.94. The largest absolute Gasteiger partial charge is 0.387 e. The number of aromatic amines is 2. The van der Waals surface area contributed by atoms with E-state index in [0.717, 1.165) is 10.6 Å². The highest BCUT2D eigenvalue weighted by molar-refractivity contribution is 7.10. The lowest BCUT2D eigenvalue weighted by atomic mass is 10.2. The van der Waals surface area contributed by atoms with Gasteiger partial charge in [-0.15, -0.1) is 11.3 Å². The Labute approximate surface area is 84.2 Å². The fraction of sp³-hybridized carbons (Fsp3) is 0.222. The van der Waals surface area contributed by atoms with Crippen LogP contribution in [0.2, 0.25) is 0 Å². The fourth-order valence-electron chi connectivity index (χ4n) is 1.27. The van der Waals surface area contributed by atoms with Crippen molar-refractivity contribution in [3.8, 4) is 0 Å². The minimum Gasteiger partial charge on any atom is -0.387 e. The van der Waals surface area contributed by atoms with Crippen molar-refractivity contribution in [1.29, 1.82) is 0 Å². The van der Waals surface area contributed by atoms with Crippen LogP contribution in [-0.2, 0) is 6.42 Å². The van der Waals surface area contributed by atoms with Crippen LogP contribution in [0.1, 0.15) is 16.7 Å². The van der Waals surface area contributed by atoms with Crippen LogP contribution >= 0.6 is 11.3 Å². The highest BCUT2D eigenvalue weighted by Crippen LogP contribution is 2.21. The van der Waals surface area contributed by atoms with Gasteiger partial charge in [-0.25, -0.2) is 0 Å². The van der Waals surface area contributed by atoms with Crippen molar-refractivity contribution in [3.63, 3.8) is 0 Å². The molecule has 2 heterocycles. The molecule has 2 rings (SSSR count). The number of rotatable bonds is 3. The Morgan fingerprint density at radius 3 is 2.93 bits per heavy atom. The van der Waals surface area contributed by atoms with E-state index in [0.29, 0.717) is 6.42 Å². The topological polar surface area (TPSA) is 68.9 Å². The second-order valence-corrected chi connectivity index (χ2v) is 4.00. The molecule has 0 aromatic carbocycles. The molecule has 14 heavy (non-hydrogen) atoms. The first-order chi connectivity index (χ1) is 6.75. The predicted octanol–water partition coefficient (Wildman–Crippen LogP) is 1.04. The molecule has 4 nitrogen and oxygen atoms in total. The smallest absolute Gasteiger partial charge is 0.264 e. The van der Waals surface area contributed by atoms with Crippen LogP contribution in [-0.4, -0.2) is 15.3 Å². The number of thiophene rings is 1. The molecule has 0 aliphatic heterocycles. The van der Waals surface area contributed by atoms with Gasteiger partial charge in [0.1, 0.15) is 0 Å². The SMILES string of the molecule is O=c1cc(CC(O)c2cccs2)[nH][nH]1. The van der Waals surface area contributed by atoms with Gasteiger partial charge >= 0.3 is 0 Å². The summed E-state index contributed by atoms with van der Waals surface area (Å²) in [6.45, 7) is 0. The number of aliphatic hydroxyl groups is 1. The van der Waals surface area contributed by atoms with E-state index in [1.807, 2.05) is 17.5 Å². The number of aliphatic hydroxyl groups excluding tert-OH is 1. The fourth-order valence-corrected chi connectivity index (χ4v) is 1.98. The molecule has 3 N–H and O–H groups in total. The van der Waals surface area contributed by atoms with Gasteiger partial charge in [-0.05, 0) is 11.4 Å². The zero-order valence-corrected chi connectivity index (χ0v) is 8.17. The number of aromatic nitrogens is 2. The summed E-state index contributed by atoms with van der Waals surface area (Å²) in [7, 11) is 0. The van der Waals surface area contributed by atoms with Crippen molar-refractivity contribution in [2.45, 2.75) is 12.5 Å². The molecule has 1 atom stereocenters. The minimum absolute atomic E-state index is 0.168. The summed E-state index contributed by atoms with van der Waals surface area (Å²) in [5.74, 6) is 0. The zero-order chi connectivity index (χ0) is 9.97. The first-order valence-electron chi connectivity index (χ1n) is 4.24. The van der Waals surface area contributed by atoms with E-state index in [4.69, 9.17) is 0 Å². The maximum atomic E-state index is 10.8. The van der Waals surface area contributed by atoms with Crippen molar-refractivity contribution in [2.75, 3.05) is 0 Å². The van der Waals surface area contributed by atoms with Gasteiger partial charge < -0.3 is 10.2 Å². The second kappa shape index (κ2) is 3.81. The number of H-pyrrole nitrogens is 2. The molecule has 2 aromatic rings. The Hall–Kier alpha value is -1.33. The average Bonchev–Trinajstić information content (AvgIpc) is 2.75. The van der Waals surface area contributed by atoms with Gasteiger partial charge in [0.2, 0.25) is 0 Å². The zero-order valence-electron chi connectivity index (χ0n) is 7.36. The second-order valence-electron chi connectivity index (χ2n) is 3.02. The summed E-state index contributed by atoms with van der Waals surface area (Å²) in [6, 6.07) is 5.22. The summed E-state index contributed by atoms with van der Waals surface area (Å²) in [6.07, 6.45) is -0.111. The van der Waals surface area contributed by atoms with Gasteiger partial charge in [0.15, 0.2) is 0 Å². The van der Waals surface area contributed by atoms with Crippen LogP contribution in [0, 0.1) is 0 Å². The van der Waals surface area contributed by atoms with E-state index >= 15 is 0 Å². The maximum Gasteiger partial charge on any atom is 0.264 e. The Balaban J connectivity index is 2.08. The first-order valence-corrected chi connectivity index (χ1v) is 5.11. The van der Waals surface area contributed by atoms with Crippen LogP contribution in [0.3, 0.4) is 0 Å². The maximum absolute atomic E-state index is 10.8. The van der Waals surface area contributed by atoms with E-state index in [1.54, 1.807) is 0 Å². The van der Waals surface area contributed by atoms with E-state index in [1.165, 1.54) is 17.4 Å². The summed E-state index contributed by atoms with van der Waals surface area (Å²) in [5.41, 5.74) is 0.550. The Bertz CT molecular complexity index is 443. The highest BCUT2D eigenvalue weighted by atomic mass is 32.1. The molecule has 0 spiro atoms. The molecule has 1 unspecified atom stereocenters. The lowest BCUT2D eigenvalue weighted by Crippen LogP contribution is -1.99. The van der Waals surface area contributed by atoms with Crippen molar-refractivity contribution < 1.29 is 5.11 Å². The molecule has 0 aliphatic carbocycles. The van der Waals surface area contributed by atoms with Crippen LogP contribution < -0.4 is 5.56 Å². The van der Waals surface area contributed by atoms with E-state index in [-0.39, 0.29) is 5.56 Å². The molecule has 2 aromatic heterocycles. The first kappa shape index (κ1) is 9.23. The van der Waals surface area contributed by atoms with Crippen molar-refractivity contribution in [3.05, 3.63) is 44.5 Å². The van der Waals surface area contributed by atoms with Gasteiger partial charge in [0.25, 0.3) is 5.56 Å². The van der Waals surface area contributed by atoms with Crippen LogP contribution in [0.15, 0.2) is 28.4 Å². The summed E-state index contributed by atoms with van der Waals surface area (Å²) < 4.78 is 0. The standard InChI is InChI=1S/C9H10N2O2S/c12-7(8-2-1-3-14-8)4-6-5-9(13)11-10-6/h1-3,5,7,12H,4H2,(H2,10,11,13). The molecule has 0 amide bonds. The number of hydrogen-bond acceptors (Lipinski definition) is 3. The molecule has 0 radical (unpaired) electrons. The monoisotopic (exact) mass is 210 g/mol. The van der Waals surface area contributed by atoms with E-state index in [2.05, 4.69) is 10.2 Å². The minimum atomic E-state index is -0.540. The van der Waals surface area contributed by atoms with E-state index in [9.17, 15) is 9.90 Å². The molecule has 0 fully saturated rings. The number of nitrogens with one attached hydrogen (secondary N) is 2. The third-order valence-corrected chi connectivity index (χ3v) is 2.91. The molecular weight excluding hydrogens is 200 g/mol. The van der Waals surface area contributed by atoms with Crippen molar-refractivity contribution in [2.24, 2.45) is 0 Å². The van der Waals surface area contributed by atoms with Crippen LogP contribution in [0.4, 0.5) is 0 Å². The summed E-state index contributed by atoms with van der Waals surface area (Å²) in [5, 5.41) is 16.8. The van der Waals surface area contributed by atoms with E-state index < -0.39 is 6.10 Å². The third kappa shape index (κ3) is 1.94. The normalized spacial score (nSPS) is 12.9. The Morgan fingerprint density at radius 1 is 1.50 bits per heavy atom. The van der Waals surface area contributed by atoms with Gasteiger partial charge in [-0.3, -0.25) is 9.89 Å². The lowest BCUT2D eigenvalue weighted by molar-refractivity contribution is 0.181. The summed E-state index contributed by atoms with van der Waals surface area (Å²) >= 11 is 1.50. The molecule has 5 heteroatoms. The van der Waals surface area contributed by atoms with Crippen LogP contribution in [0.5, 0.6) is 0 Å². The predicted molar refractivity (Wildman–Crippen MR) is 54.4 cm³/mol. The molecule has 0 bridgehead atoms. The lowest BCUT2D eigenvalue weighted by Gasteiger charge is -2.05. The Kier molecular flexibility index (Phi) is 2.51. The Morgan fingerprint density at radius 2 is 2.36 bits per heavy atom. The van der Waals surface area contributed by atoms with Gasteiger partial charge in [0.05, 0.1) is 6.10 Å². The van der Waals surface area contributed by atoms with Crippen LogP contribution in [0.25, 0.3) is 0 Å². The number of hydrogen-bond donors (Lipinski definition) is 3. The van der Waals surface area contributed by atoms with Gasteiger partial charge in [0, 0.05) is 23.1 Å². The highest BCUT2D eigenvalue weighted by Gasteiger charge is 2.10. The quantitative estimate of drug-likeness (QED) is 0.708. The summed E-state index contributed by atoms with van der Waals surface area (Å²) in [4.78, 5) is 11.7. The molecule has 0 saturated heterocycles. The average molecular weight is 210 g/mol. The van der Waals surface area contributed by atoms with Crippen molar-refractivity contribution in [1.82, 2.24) is 10.2 Å². The molecule has 0 saturated carbocycles. The molecule has 74 valence electrons.